The molecule has 2 aliphatic rings. The molecule has 2 fully saturated rings. The van der Waals surface area contributed by atoms with Crippen LogP contribution in [-0.2, 0) is 4.79 Å². The van der Waals surface area contributed by atoms with E-state index in [1.54, 1.807) is 24.3 Å². The van der Waals surface area contributed by atoms with Crippen molar-refractivity contribution in [3.8, 4) is 11.5 Å². The molecule has 0 aromatic heterocycles. The van der Waals surface area contributed by atoms with Gasteiger partial charge in [0, 0.05) is 35.7 Å². The molecule has 5 nitrogen and oxygen atoms in total. The number of rotatable bonds is 9. The first-order chi connectivity index (χ1) is 14.1. The fourth-order valence-corrected chi connectivity index (χ4v) is 4.18. The monoisotopic (exact) mass is 434 g/mol. The molecule has 0 radical (unpaired) electrons. The van der Waals surface area contributed by atoms with Crippen molar-refractivity contribution < 1.29 is 14.3 Å². The third-order valence-corrected chi connectivity index (χ3v) is 5.99. The smallest absolute Gasteiger partial charge is 0.258 e. The van der Waals surface area contributed by atoms with E-state index in [9.17, 15) is 4.79 Å². The predicted molar refractivity (Wildman–Crippen MR) is 114 cm³/mol. The maximum atomic E-state index is 12.1. The van der Waals surface area contributed by atoms with Crippen molar-refractivity contribution in [2.24, 2.45) is 11.8 Å². The normalized spacial score (nSPS) is 22.8. The lowest BCUT2D eigenvalue weighted by molar-refractivity contribution is -0.123. The van der Waals surface area contributed by atoms with Crippen LogP contribution >= 0.6 is 23.2 Å². The Labute approximate surface area is 180 Å². The number of hydrogen-bond acceptors (Lipinski definition) is 4. The van der Waals surface area contributed by atoms with E-state index < -0.39 is 0 Å². The van der Waals surface area contributed by atoms with Gasteiger partial charge in [-0.15, -0.1) is 0 Å². The van der Waals surface area contributed by atoms with Gasteiger partial charge in [-0.25, -0.2) is 0 Å². The number of carbonyl (C=O) groups is 1. The summed E-state index contributed by atoms with van der Waals surface area (Å²) < 4.78 is 11.2. The van der Waals surface area contributed by atoms with E-state index in [2.05, 4.69) is 10.2 Å². The van der Waals surface area contributed by atoms with Gasteiger partial charge in [0.1, 0.15) is 11.5 Å². The summed E-state index contributed by atoms with van der Waals surface area (Å²) in [7, 11) is 0. The number of amides is 1. The summed E-state index contributed by atoms with van der Waals surface area (Å²) in [6.45, 7) is 3.81. The number of likely N-dealkylation sites (tertiary alicyclic amines) is 1. The van der Waals surface area contributed by atoms with Crippen molar-refractivity contribution in [2.45, 2.75) is 12.5 Å². The van der Waals surface area contributed by atoms with Gasteiger partial charge >= 0.3 is 0 Å². The van der Waals surface area contributed by atoms with Gasteiger partial charge in [-0.1, -0.05) is 23.2 Å². The van der Waals surface area contributed by atoms with Crippen LogP contribution in [-0.4, -0.2) is 49.7 Å². The Morgan fingerprint density at radius 1 is 0.931 bits per heavy atom. The van der Waals surface area contributed by atoms with Gasteiger partial charge < -0.3 is 19.7 Å². The van der Waals surface area contributed by atoms with Gasteiger partial charge in [-0.2, -0.15) is 0 Å². The third-order valence-electron chi connectivity index (χ3n) is 5.48. The lowest BCUT2D eigenvalue weighted by atomic mass is 10.3. The molecule has 1 saturated carbocycles. The number of carbonyl (C=O) groups excluding carboxylic acids is 1. The molecule has 0 bridgehead atoms. The Balaban J connectivity index is 1.08. The summed E-state index contributed by atoms with van der Waals surface area (Å²) in [5.74, 6) is 2.55. The van der Waals surface area contributed by atoms with Gasteiger partial charge in [0.25, 0.3) is 5.91 Å². The van der Waals surface area contributed by atoms with Crippen LogP contribution in [0.4, 0.5) is 0 Å². The number of hydrogen-bond donors (Lipinski definition) is 1. The fourth-order valence-electron chi connectivity index (χ4n) is 3.93. The Morgan fingerprint density at radius 2 is 1.48 bits per heavy atom. The average molecular weight is 435 g/mol. The lowest BCUT2D eigenvalue weighted by Crippen LogP contribution is -2.37. The van der Waals surface area contributed by atoms with E-state index in [1.807, 2.05) is 24.3 Å². The van der Waals surface area contributed by atoms with E-state index >= 15 is 0 Å². The van der Waals surface area contributed by atoms with Crippen LogP contribution in [0, 0.1) is 11.8 Å². The Kier molecular flexibility index (Phi) is 6.48. The summed E-state index contributed by atoms with van der Waals surface area (Å²) in [5, 5.41) is 4.46. The highest BCUT2D eigenvalue weighted by atomic mass is 35.5. The largest absolute Gasteiger partial charge is 0.494 e. The van der Waals surface area contributed by atoms with Crippen molar-refractivity contribution in [1.29, 1.82) is 0 Å². The van der Waals surface area contributed by atoms with Crippen molar-refractivity contribution >= 4 is 29.1 Å². The van der Waals surface area contributed by atoms with Gasteiger partial charge in [0.15, 0.2) is 6.61 Å². The molecule has 1 N–H and O–H groups in total. The first kappa shape index (κ1) is 20.3. The molecule has 2 aromatic carbocycles. The third kappa shape index (κ3) is 5.56. The maximum absolute atomic E-state index is 12.1. The SMILES string of the molecule is O=C(COc1ccc(Cl)cc1)N[C@H]1[C@@H]2CN(CCCOc3ccc(Cl)cc3)C[C@@H]21. The zero-order chi connectivity index (χ0) is 20.2. The predicted octanol–water partition coefficient (Wildman–Crippen LogP) is 3.89. The summed E-state index contributed by atoms with van der Waals surface area (Å²) >= 11 is 11.7. The number of fused-ring (bicyclic) bond motifs is 1. The molecular formula is C22H24Cl2N2O3. The second-order valence-corrected chi connectivity index (χ2v) is 8.45. The Bertz CT molecular complexity index is 817. The molecule has 3 atom stereocenters. The number of halogens is 2. The van der Waals surface area contributed by atoms with Crippen LogP contribution in [0.5, 0.6) is 11.5 Å². The number of nitrogens with one attached hydrogen (secondary N) is 1. The molecular weight excluding hydrogens is 411 g/mol. The minimum Gasteiger partial charge on any atom is -0.494 e. The Hall–Kier alpha value is -1.95. The van der Waals surface area contributed by atoms with Crippen LogP contribution in [0.1, 0.15) is 6.42 Å². The summed E-state index contributed by atoms with van der Waals surface area (Å²) in [6, 6.07) is 14.7. The molecule has 1 heterocycles. The van der Waals surface area contributed by atoms with E-state index in [0.29, 0.717) is 34.2 Å². The number of piperidine rings is 1. The van der Waals surface area contributed by atoms with Crippen molar-refractivity contribution in [3.05, 3.63) is 58.6 Å². The fraction of sp³-hybridized carbons (Fsp3) is 0.409. The number of benzene rings is 2. The summed E-state index contributed by atoms with van der Waals surface area (Å²) in [4.78, 5) is 14.6. The minimum atomic E-state index is -0.0673. The second kappa shape index (κ2) is 9.24. The molecule has 1 aliphatic heterocycles. The van der Waals surface area contributed by atoms with Crippen LogP contribution in [0.2, 0.25) is 10.0 Å². The molecule has 1 amide bonds. The van der Waals surface area contributed by atoms with Gasteiger partial charge in [-0.05, 0) is 66.8 Å². The molecule has 2 aromatic rings. The highest BCUT2D eigenvalue weighted by molar-refractivity contribution is 6.30. The molecule has 0 spiro atoms. The Morgan fingerprint density at radius 3 is 2.07 bits per heavy atom. The number of ether oxygens (including phenoxy) is 2. The molecule has 1 saturated heterocycles. The second-order valence-electron chi connectivity index (χ2n) is 7.58. The van der Waals surface area contributed by atoms with Crippen LogP contribution < -0.4 is 14.8 Å². The molecule has 1 aliphatic carbocycles. The van der Waals surface area contributed by atoms with E-state index in [4.69, 9.17) is 32.7 Å². The molecule has 154 valence electrons. The quantitative estimate of drug-likeness (QED) is 0.608. The highest BCUT2D eigenvalue weighted by Crippen LogP contribution is 2.45. The topological polar surface area (TPSA) is 50.8 Å². The van der Waals surface area contributed by atoms with Crippen molar-refractivity contribution in [1.82, 2.24) is 10.2 Å². The van der Waals surface area contributed by atoms with Crippen LogP contribution in [0.25, 0.3) is 0 Å². The molecule has 4 rings (SSSR count). The van der Waals surface area contributed by atoms with Crippen LogP contribution in [0.15, 0.2) is 48.5 Å². The zero-order valence-electron chi connectivity index (χ0n) is 16.0. The zero-order valence-corrected chi connectivity index (χ0v) is 17.5. The summed E-state index contributed by atoms with van der Waals surface area (Å²) in [5.41, 5.74) is 0. The van der Waals surface area contributed by atoms with Gasteiger partial charge in [0.05, 0.1) is 6.61 Å². The first-order valence-electron chi connectivity index (χ1n) is 9.87. The average Bonchev–Trinajstić information content (AvgIpc) is 3.15. The van der Waals surface area contributed by atoms with Gasteiger partial charge in [0.2, 0.25) is 0 Å². The standard InChI is InChI=1S/C22H24Cl2N2O3/c23-15-2-6-17(7-3-15)28-11-1-10-26-12-19-20(13-26)22(19)25-21(27)14-29-18-8-4-16(24)5-9-18/h2-9,19-20,22H,1,10-14H2,(H,25,27)/t19-,20+,22+. The van der Waals surface area contributed by atoms with Gasteiger partial charge in [-0.3, -0.25) is 4.79 Å². The maximum Gasteiger partial charge on any atom is 0.258 e. The first-order valence-corrected chi connectivity index (χ1v) is 10.6. The summed E-state index contributed by atoms with van der Waals surface area (Å²) in [6.07, 6.45) is 0.980. The van der Waals surface area contributed by atoms with Crippen molar-refractivity contribution in [2.75, 3.05) is 32.8 Å². The molecule has 29 heavy (non-hydrogen) atoms. The minimum absolute atomic E-state index is 0.0311. The lowest BCUT2D eigenvalue weighted by Gasteiger charge is -2.20. The molecule has 7 heteroatoms. The van der Waals surface area contributed by atoms with Crippen LogP contribution in [0.3, 0.4) is 0 Å². The van der Waals surface area contributed by atoms with Crippen molar-refractivity contribution in [3.63, 3.8) is 0 Å². The molecule has 0 unspecified atom stereocenters. The van der Waals surface area contributed by atoms with E-state index in [-0.39, 0.29) is 18.6 Å². The highest BCUT2D eigenvalue weighted by Gasteiger charge is 2.56. The van der Waals surface area contributed by atoms with E-state index in [0.717, 1.165) is 31.8 Å². The number of nitrogens with zero attached hydrogens (tertiary/aromatic N) is 1. The van der Waals surface area contributed by atoms with E-state index in [1.165, 1.54) is 0 Å².